The lowest BCUT2D eigenvalue weighted by Gasteiger charge is -2.05. The molecule has 3 rings (SSSR count). The van der Waals surface area contributed by atoms with Crippen molar-refractivity contribution in [2.24, 2.45) is 0 Å². The highest BCUT2D eigenvalue weighted by Gasteiger charge is 2.07. The summed E-state index contributed by atoms with van der Waals surface area (Å²) in [6.45, 7) is 0. The largest absolute Gasteiger partial charge is 0.436 e. The maximum atomic E-state index is 12.9. The summed E-state index contributed by atoms with van der Waals surface area (Å²) < 4.78 is 19.5. The molecule has 8 heteroatoms. The molecule has 0 aliphatic heterocycles. The Bertz CT molecular complexity index is 716. The third kappa shape index (κ3) is 1.95. The van der Waals surface area contributed by atoms with E-state index in [1.165, 1.54) is 16.8 Å². The number of halogens is 2. The van der Waals surface area contributed by atoms with Crippen molar-refractivity contribution < 1.29 is 9.13 Å². The van der Waals surface area contributed by atoms with Crippen LogP contribution in [0.4, 0.5) is 4.39 Å². The van der Waals surface area contributed by atoms with Gasteiger partial charge in [-0.05, 0) is 34.7 Å². The van der Waals surface area contributed by atoms with Crippen LogP contribution in [0.3, 0.4) is 0 Å². The summed E-state index contributed by atoms with van der Waals surface area (Å²) in [5.74, 6) is 0.123. The van der Waals surface area contributed by atoms with E-state index in [0.29, 0.717) is 11.4 Å². The molecule has 0 radical (unpaired) electrons. The van der Waals surface area contributed by atoms with Gasteiger partial charge in [-0.3, -0.25) is 0 Å². The number of nitrogens with zero attached hydrogens (tertiary/aromatic N) is 5. The molecule has 3 aromatic rings. The Balaban J connectivity index is 1.95. The van der Waals surface area contributed by atoms with Gasteiger partial charge < -0.3 is 4.74 Å². The van der Waals surface area contributed by atoms with E-state index >= 15 is 0 Å². The van der Waals surface area contributed by atoms with E-state index in [2.05, 4.69) is 20.6 Å². The Morgan fingerprint density at radius 1 is 1.22 bits per heavy atom. The zero-order valence-electron chi connectivity index (χ0n) is 8.79. The van der Waals surface area contributed by atoms with Crippen LogP contribution in [0, 0.1) is 5.82 Å². The summed E-state index contributed by atoms with van der Waals surface area (Å²) in [5, 5.41) is 14.9. The summed E-state index contributed by atoms with van der Waals surface area (Å²) in [4.78, 5) is 0. The molecule has 0 fully saturated rings. The predicted molar refractivity (Wildman–Crippen MR) is 60.1 cm³/mol. The smallest absolute Gasteiger partial charge is 0.239 e. The van der Waals surface area contributed by atoms with E-state index < -0.39 is 5.82 Å². The van der Waals surface area contributed by atoms with Gasteiger partial charge in [-0.15, -0.1) is 14.8 Å². The topological polar surface area (TPSA) is 65.2 Å². The fourth-order valence-corrected chi connectivity index (χ4v) is 1.56. The van der Waals surface area contributed by atoms with Crippen molar-refractivity contribution in [3.05, 3.63) is 41.2 Å². The number of rotatable bonds is 2. The standard InChI is InChI=1S/C10H5ClFN5O/c11-7-5-6(12)1-2-8(7)18-10-4-3-9-13-15-16-17(9)14-10/h1-5H. The average molecular weight is 266 g/mol. The van der Waals surface area contributed by atoms with Crippen LogP contribution in [0.2, 0.25) is 5.02 Å². The first-order chi connectivity index (χ1) is 8.72. The number of tetrazole rings is 1. The normalized spacial score (nSPS) is 10.8. The molecule has 0 aliphatic rings. The van der Waals surface area contributed by atoms with Gasteiger partial charge in [0.05, 0.1) is 5.02 Å². The van der Waals surface area contributed by atoms with E-state index in [-0.39, 0.29) is 10.9 Å². The van der Waals surface area contributed by atoms with E-state index in [4.69, 9.17) is 16.3 Å². The Kier molecular flexibility index (Phi) is 2.52. The molecule has 2 aromatic heterocycles. The zero-order chi connectivity index (χ0) is 12.5. The van der Waals surface area contributed by atoms with E-state index in [1.807, 2.05) is 0 Å². The molecule has 18 heavy (non-hydrogen) atoms. The lowest BCUT2D eigenvalue weighted by Crippen LogP contribution is -1.97. The van der Waals surface area contributed by atoms with Crippen molar-refractivity contribution in [1.82, 2.24) is 25.3 Å². The fourth-order valence-electron chi connectivity index (χ4n) is 1.36. The van der Waals surface area contributed by atoms with Crippen LogP contribution in [-0.2, 0) is 0 Å². The first kappa shape index (κ1) is 10.8. The third-order valence-corrected chi connectivity index (χ3v) is 2.45. The van der Waals surface area contributed by atoms with Crippen LogP contribution in [-0.4, -0.2) is 25.3 Å². The maximum Gasteiger partial charge on any atom is 0.239 e. The number of hydrogen-bond acceptors (Lipinski definition) is 5. The van der Waals surface area contributed by atoms with Gasteiger partial charge in [0.1, 0.15) is 11.6 Å². The molecule has 0 aliphatic carbocycles. The molecule has 0 spiro atoms. The number of fused-ring (bicyclic) bond motifs is 1. The average Bonchev–Trinajstić information content (AvgIpc) is 2.80. The molecule has 0 bridgehead atoms. The summed E-state index contributed by atoms with van der Waals surface area (Å²) in [7, 11) is 0. The zero-order valence-corrected chi connectivity index (χ0v) is 9.54. The molecule has 0 saturated heterocycles. The van der Waals surface area contributed by atoms with Crippen molar-refractivity contribution in [2.75, 3.05) is 0 Å². The summed E-state index contributed by atoms with van der Waals surface area (Å²) in [6, 6.07) is 7.05. The highest BCUT2D eigenvalue weighted by molar-refractivity contribution is 6.32. The SMILES string of the molecule is Fc1ccc(Oc2ccc3nnnn3n2)c(Cl)c1. The highest BCUT2D eigenvalue weighted by Crippen LogP contribution is 2.28. The second kappa shape index (κ2) is 4.19. The fraction of sp³-hybridized carbons (Fsp3) is 0. The Labute approximate surface area is 105 Å². The molecule has 0 saturated carbocycles. The minimum Gasteiger partial charge on any atom is -0.436 e. The van der Waals surface area contributed by atoms with Crippen LogP contribution >= 0.6 is 11.6 Å². The molecular formula is C10H5ClFN5O. The molecular weight excluding hydrogens is 261 g/mol. The molecule has 6 nitrogen and oxygen atoms in total. The van der Waals surface area contributed by atoms with Crippen LogP contribution in [0.15, 0.2) is 30.3 Å². The van der Waals surface area contributed by atoms with Gasteiger partial charge in [-0.1, -0.05) is 11.6 Å². The van der Waals surface area contributed by atoms with Crippen LogP contribution in [0.25, 0.3) is 5.65 Å². The number of benzene rings is 1. The Morgan fingerprint density at radius 2 is 2.11 bits per heavy atom. The van der Waals surface area contributed by atoms with Gasteiger partial charge in [0.25, 0.3) is 0 Å². The van der Waals surface area contributed by atoms with Gasteiger partial charge in [-0.2, -0.15) is 0 Å². The van der Waals surface area contributed by atoms with E-state index in [0.717, 1.165) is 6.07 Å². The third-order valence-electron chi connectivity index (χ3n) is 2.15. The first-order valence-corrected chi connectivity index (χ1v) is 5.28. The number of aromatic nitrogens is 5. The van der Waals surface area contributed by atoms with Crippen LogP contribution < -0.4 is 4.74 Å². The lowest BCUT2D eigenvalue weighted by atomic mass is 10.3. The van der Waals surface area contributed by atoms with Crippen molar-refractivity contribution in [3.63, 3.8) is 0 Å². The molecule has 0 unspecified atom stereocenters. The van der Waals surface area contributed by atoms with Gasteiger partial charge in [0.15, 0.2) is 5.65 Å². The molecule has 2 heterocycles. The number of ether oxygens (including phenoxy) is 1. The van der Waals surface area contributed by atoms with Gasteiger partial charge >= 0.3 is 0 Å². The summed E-state index contributed by atoms with van der Waals surface area (Å²) in [5.41, 5.74) is 0.493. The van der Waals surface area contributed by atoms with Crippen LogP contribution in [0.1, 0.15) is 0 Å². The minimum atomic E-state index is -0.434. The molecule has 90 valence electrons. The highest BCUT2D eigenvalue weighted by atomic mass is 35.5. The maximum absolute atomic E-state index is 12.9. The first-order valence-electron chi connectivity index (χ1n) is 4.91. The van der Waals surface area contributed by atoms with Crippen molar-refractivity contribution in [1.29, 1.82) is 0 Å². The second-order valence-electron chi connectivity index (χ2n) is 3.37. The predicted octanol–water partition coefficient (Wildman–Crippen LogP) is 2.10. The summed E-state index contributed by atoms with van der Waals surface area (Å²) in [6.07, 6.45) is 0. The lowest BCUT2D eigenvalue weighted by molar-refractivity contribution is 0.446. The molecule has 1 aromatic carbocycles. The van der Waals surface area contributed by atoms with E-state index in [1.54, 1.807) is 12.1 Å². The summed E-state index contributed by atoms with van der Waals surface area (Å²) >= 11 is 5.84. The van der Waals surface area contributed by atoms with Gasteiger partial charge in [0, 0.05) is 6.07 Å². The second-order valence-corrected chi connectivity index (χ2v) is 3.78. The Morgan fingerprint density at radius 3 is 2.94 bits per heavy atom. The van der Waals surface area contributed by atoms with Crippen molar-refractivity contribution in [3.8, 4) is 11.6 Å². The van der Waals surface area contributed by atoms with Gasteiger partial charge in [0.2, 0.25) is 5.88 Å². The van der Waals surface area contributed by atoms with Crippen molar-refractivity contribution >= 4 is 17.2 Å². The quantitative estimate of drug-likeness (QED) is 0.710. The van der Waals surface area contributed by atoms with Crippen molar-refractivity contribution in [2.45, 2.75) is 0 Å². The van der Waals surface area contributed by atoms with E-state index in [9.17, 15) is 4.39 Å². The monoisotopic (exact) mass is 265 g/mol. The molecule has 0 N–H and O–H groups in total. The minimum absolute atomic E-state index is 0.161. The van der Waals surface area contributed by atoms with Crippen LogP contribution in [0.5, 0.6) is 11.6 Å². The Hall–Kier alpha value is -2.28. The molecule has 0 amide bonds. The number of hydrogen-bond donors (Lipinski definition) is 0. The molecule has 0 atom stereocenters. The van der Waals surface area contributed by atoms with Gasteiger partial charge in [-0.25, -0.2) is 4.39 Å².